The van der Waals surface area contributed by atoms with Crippen LogP contribution in [0, 0.1) is 0 Å². The van der Waals surface area contributed by atoms with Crippen LogP contribution in [0.5, 0.6) is 0 Å². The molecule has 0 unspecified atom stereocenters. The molecule has 10 rings (SSSR count). The molecule has 0 fully saturated rings. The lowest BCUT2D eigenvalue weighted by Crippen LogP contribution is -2.16. The molecule has 0 N–H and O–H groups in total. The van der Waals surface area contributed by atoms with E-state index in [9.17, 15) is 0 Å². The topological polar surface area (TPSA) is 3.24 Å². The summed E-state index contributed by atoms with van der Waals surface area (Å²) in [6.07, 6.45) is 0. The lowest BCUT2D eigenvalue weighted by Gasteiger charge is -2.29. The first-order valence-corrected chi connectivity index (χ1v) is 17.8. The van der Waals surface area contributed by atoms with Crippen LogP contribution < -0.4 is 4.90 Å². The van der Waals surface area contributed by atoms with Crippen LogP contribution >= 0.6 is 11.3 Å². The molecule has 8 aromatic carbocycles. The zero-order valence-electron chi connectivity index (χ0n) is 27.4. The van der Waals surface area contributed by atoms with Gasteiger partial charge in [-0.3, -0.25) is 0 Å². The Labute approximate surface area is 290 Å². The van der Waals surface area contributed by atoms with E-state index >= 15 is 0 Å². The third kappa shape index (κ3) is 4.24. The first-order valence-electron chi connectivity index (χ1n) is 17.0. The van der Waals surface area contributed by atoms with E-state index in [2.05, 4.69) is 183 Å². The smallest absolute Gasteiger partial charge is 0.0561 e. The van der Waals surface area contributed by atoms with Gasteiger partial charge in [-0.1, -0.05) is 141 Å². The molecule has 2 heteroatoms. The van der Waals surface area contributed by atoms with Crippen LogP contribution in [-0.4, -0.2) is 0 Å². The van der Waals surface area contributed by atoms with E-state index in [0.29, 0.717) is 0 Å². The van der Waals surface area contributed by atoms with E-state index in [1.807, 2.05) is 11.3 Å². The monoisotopic (exact) mass is 643 g/mol. The standard InChI is InChI=1S/C47H33NS/c1-47(2)40-18-10-8-16-37(40)38-27-26-35(29-41(38)47)48(34-24-22-31(23-25-34)30-12-4-3-5-13-30)42-28-33-21-20-32-14-6-7-15-36(32)44(33)46-45(42)39-17-9-11-19-43(39)49-46/h3-29H,1-2H3. The molecule has 0 saturated heterocycles. The number of benzene rings is 8. The van der Waals surface area contributed by atoms with Gasteiger partial charge < -0.3 is 4.90 Å². The molecule has 0 saturated carbocycles. The van der Waals surface area contributed by atoms with E-state index in [1.165, 1.54) is 86.5 Å². The van der Waals surface area contributed by atoms with Crippen molar-refractivity contribution in [2.45, 2.75) is 19.3 Å². The second-order valence-corrected chi connectivity index (χ2v) is 14.8. The second-order valence-electron chi connectivity index (χ2n) is 13.7. The molecule has 0 bridgehead atoms. The molecule has 0 radical (unpaired) electrons. The number of anilines is 3. The van der Waals surface area contributed by atoms with Crippen LogP contribution in [0.1, 0.15) is 25.0 Å². The fourth-order valence-electron chi connectivity index (χ4n) is 8.23. The number of fused-ring (bicyclic) bond motifs is 10. The molecular weight excluding hydrogens is 611 g/mol. The van der Waals surface area contributed by atoms with E-state index in [-0.39, 0.29) is 5.41 Å². The number of hydrogen-bond acceptors (Lipinski definition) is 2. The first-order chi connectivity index (χ1) is 24.1. The molecular formula is C47H33NS. The number of nitrogens with zero attached hydrogens (tertiary/aromatic N) is 1. The van der Waals surface area contributed by atoms with E-state index < -0.39 is 0 Å². The van der Waals surface area contributed by atoms with Crippen molar-refractivity contribution in [1.29, 1.82) is 0 Å². The van der Waals surface area contributed by atoms with Crippen molar-refractivity contribution in [2.75, 3.05) is 4.90 Å². The fraction of sp³-hybridized carbons (Fsp3) is 0.0638. The van der Waals surface area contributed by atoms with Gasteiger partial charge >= 0.3 is 0 Å². The SMILES string of the molecule is CC1(C)c2ccccc2-c2ccc(N(c3ccc(-c4ccccc4)cc3)c3cc4ccc5ccccc5c4c4sc5ccccc5c34)cc21. The summed E-state index contributed by atoms with van der Waals surface area (Å²) in [5.41, 5.74) is 11.3. The summed E-state index contributed by atoms with van der Waals surface area (Å²) in [5, 5.41) is 7.77. The number of hydrogen-bond donors (Lipinski definition) is 0. The Hall–Kier alpha value is -5.70. The highest BCUT2D eigenvalue weighted by Crippen LogP contribution is 2.53. The molecule has 1 nitrogen and oxygen atoms in total. The minimum atomic E-state index is -0.0997. The van der Waals surface area contributed by atoms with Crippen molar-refractivity contribution in [3.8, 4) is 22.3 Å². The van der Waals surface area contributed by atoms with Gasteiger partial charge in [0.05, 0.1) is 5.69 Å². The summed E-state index contributed by atoms with van der Waals surface area (Å²) in [6, 6.07) is 60.5. The normalized spacial score (nSPS) is 13.3. The second kappa shape index (κ2) is 10.7. The molecule has 1 aliphatic rings. The number of thiophene rings is 1. The van der Waals surface area contributed by atoms with Gasteiger partial charge in [0.25, 0.3) is 0 Å². The van der Waals surface area contributed by atoms with Crippen molar-refractivity contribution in [3.63, 3.8) is 0 Å². The molecule has 9 aromatic rings. The van der Waals surface area contributed by atoms with Crippen LogP contribution in [-0.2, 0) is 5.41 Å². The van der Waals surface area contributed by atoms with Crippen LogP contribution in [0.15, 0.2) is 164 Å². The summed E-state index contributed by atoms with van der Waals surface area (Å²) in [7, 11) is 0. The van der Waals surface area contributed by atoms with Gasteiger partial charge in [0.2, 0.25) is 0 Å². The minimum Gasteiger partial charge on any atom is -0.310 e. The van der Waals surface area contributed by atoms with Crippen molar-refractivity contribution in [2.24, 2.45) is 0 Å². The zero-order chi connectivity index (χ0) is 32.7. The zero-order valence-corrected chi connectivity index (χ0v) is 28.3. The van der Waals surface area contributed by atoms with Crippen molar-refractivity contribution < 1.29 is 0 Å². The van der Waals surface area contributed by atoms with Gasteiger partial charge in [0, 0.05) is 42.3 Å². The Morgan fingerprint density at radius 1 is 0.469 bits per heavy atom. The molecule has 1 heterocycles. The summed E-state index contributed by atoms with van der Waals surface area (Å²) in [6.45, 7) is 4.73. The van der Waals surface area contributed by atoms with Crippen LogP contribution in [0.4, 0.5) is 17.1 Å². The van der Waals surface area contributed by atoms with E-state index in [1.54, 1.807) is 0 Å². The van der Waals surface area contributed by atoms with Gasteiger partial charge in [-0.25, -0.2) is 0 Å². The third-order valence-corrected chi connectivity index (χ3v) is 11.8. The maximum absolute atomic E-state index is 2.50. The van der Waals surface area contributed by atoms with Crippen molar-refractivity contribution >= 4 is 70.1 Å². The largest absolute Gasteiger partial charge is 0.310 e. The minimum absolute atomic E-state index is 0.0997. The predicted octanol–water partition coefficient (Wildman–Crippen LogP) is 13.8. The summed E-state index contributed by atoms with van der Waals surface area (Å²) >= 11 is 1.91. The van der Waals surface area contributed by atoms with Crippen LogP contribution in [0.25, 0.3) is 64.0 Å². The van der Waals surface area contributed by atoms with E-state index in [4.69, 9.17) is 0 Å². The molecule has 0 spiro atoms. The summed E-state index contributed by atoms with van der Waals surface area (Å²) < 4.78 is 2.65. The van der Waals surface area contributed by atoms with Gasteiger partial charge in [-0.2, -0.15) is 0 Å². The summed E-state index contributed by atoms with van der Waals surface area (Å²) in [5.74, 6) is 0. The molecule has 232 valence electrons. The third-order valence-electron chi connectivity index (χ3n) is 10.6. The van der Waals surface area contributed by atoms with Crippen LogP contribution in [0.2, 0.25) is 0 Å². The number of rotatable bonds is 4. The maximum atomic E-state index is 2.50. The highest BCUT2D eigenvalue weighted by molar-refractivity contribution is 7.27. The highest BCUT2D eigenvalue weighted by Gasteiger charge is 2.36. The average molecular weight is 644 g/mol. The average Bonchev–Trinajstić information content (AvgIpc) is 3.65. The van der Waals surface area contributed by atoms with Gasteiger partial charge in [0.1, 0.15) is 0 Å². The van der Waals surface area contributed by atoms with Crippen molar-refractivity contribution in [1.82, 2.24) is 0 Å². The van der Waals surface area contributed by atoms with Crippen LogP contribution in [0.3, 0.4) is 0 Å². The van der Waals surface area contributed by atoms with Gasteiger partial charge in [-0.15, -0.1) is 11.3 Å². The maximum Gasteiger partial charge on any atom is 0.0561 e. The highest BCUT2D eigenvalue weighted by atomic mass is 32.1. The van der Waals surface area contributed by atoms with Crippen molar-refractivity contribution in [3.05, 3.63) is 175 Å². The Morgan fingerprint density at radius 3 is 1.98 bits per heavy atom. The van der Waals surface area contributed by atoms with Gasteiger partial charge in [-0.05, 0) is 85.9 Å². The lowest BCUT2D eigenvalue weighted by atomic mass is 9.82. The van der Waals surface area contributed by atoms with Gasteiger partial charge in [0.15, 0.2) is 0 Å². The Kier molecular flexibility index (Phi) is 6.16. The molecule has 0 aliphatic heterocycles. The Balaban J connectivity index is 1.28. The fourth-order valence-corrected chi connectivity index (χ4v) is 9.52. The predicted molar refractivity (Wildman–Crippen MR) is 212 cm³/mol. The molecule has 49 heavy (non-hydrogen) atoms. The Bertz CT molecular complexity index is 2730. The lowest BCUT2D eigenvalue weighted by molar-refractivity contribution is 0.660. The van der Waals surface area contributed by atoms with E-state index in [0.717, 1.165) is 5.69 Å². The molecule has 0 atom stereocenters. The Morgan fingerprint density at radius 2 is 1.12 bits per heavy atom. The first kappa shape index (κ1) is 28.3. The molecule has 0 amide bonds. The summed E-state index contributed by atoms with van der Waals surface area (Å²) in [4.78, 5) is 2.50. The quantitative estimate of drug-likeness (QED) is 0.173. The molecule has 1 aromatic heterocycles. The molecule has 1 aliphatic carbocycles.